The standard InChI is InChI=1S/C11H19NO/c1-8(2)10(13)9-7-11(9)3-5-12-6-4-11/h9-10,12-13H,1,3-7H2,2H3. The summed E-state index contributed by atoms with van der Waals surface area (Å²) in [5, 5.41) is 13.2. The minimum absolute atomic E-state index is 0.252. The van der Waals surface area contributed by atoms with Crippen molar-refractivity contribution in [1.82, 2.24) is 5.32 Å². The van der Waals surface area contributed by atoms with E-state index >= 15 is 0 Å². The van der Waals surface area contributed by atoms with Gasteiger partial charge in [-0.05, 0) is 50.6 Å². The van der Waals surface area contributed by atoms with Gasteiger partial charge in [0.2, 0.25) is 0 Å². The van der Waals surface area contributed by atoms with Gasteiger partial charge in [0.1, 0.15) is 0 Å². The van der Waals surface area contributed by atoms with Gasteiger partial charge in [0.25, 0.3) is 0 Å². The lowest BCUT2D eigenvalue weighted by Gasteiger charge is -2.25. The van der Waals surface area contributed by atoms with Crippen LogP contribution in [-0.4, -0.2) is 24.3 Å². The summed E-state index contributed by atoms with van der Waals surface area (Å²) in [6.45, 7) is 8.01. The summed E-state index contributed by atoms with van der Waals surface area (Å²) in [5.41, 5.74) is 1.41. The average molecular weight is 181 g/mol. The van der Waals surface area contributed by atoms with E-state index in [0.29, 0.717) is 11.3 Å². The molecule has 0 bridgehead atoms. The van der Waals surface area contributed by atoms with Crippen LogP contribution in [0.25, 0.3) is 0 Å². The third-order valence-corrected chi connectivity index (χ3v) is 3.74. The second-order valence-electron chi connectivity index (χ2n) is 4.71. The van der Waals surface area contributed by atoms with Crippen LogP contribution in [0, 0.1) is 11.3 Å². The Morgan fingerprint density at radius 1 is 1.54 bits per heavy atom. The molecule has 1 spiro atoms. The minimum Gasteiger partial charge on any atom is -0.388 e. The molecule has 2 N–H and O–H groups in total. The van der Waals surface area contributed by atoms with Gasteiger partial charge in [0.05, 0.1) is 6.10 Å². The molecule has 1 heterocycles. The van der Waals surface area contributed by atoms with E-state index in [-0.39, 0.29) is 6.10 Å². The fraction of sp³-hybridized carbons (Fsp3) is 0.818. The van der Waals surface area contributed by atoms with Crippen LogP contribution < -0.4 is 5.32 Å². The number of rotatable bonds is 2. The van der Waals surface area contributed by atoms with E-state index < -0.39 is 0 Å². The maximum absolute atomic E-state index is 9.86. The normalized spacial score (nSPS) is 32.9. The number of aliphatic hydroxyl groups excluding tert-OH is 1. The molecule has 2 nitrogen and oxygen atoms in total. The van der Waals surface area contributed by atoms with Crippen LogP contribution in [0.1, 0.15) is 26.2 Å². The largest absolute Gasteiger partial charge is 0.388 e. The van der Waals surface area contributed by atoms with Gasteiger partial charge >= 0.3 is 0 Å². The van der Waals surface area contributed by atoms with E-state index in [9.17, 15) is 5.11 Å². The zero-order chi connectivity index (χ0) is 9.47. The van der Waals surface area contributed by atoms with Gasteiger partial charge in [-0.2, -0.15) is 0 Å². The van der Waals surface area contributed by atoms with Crippen molar-refractivity contribution in [1.29, 1.82) is 0 Å². The van der Waals surface area contributed by atoms with Gasteiger partial charge in [-0.15, -0.1) is 0 Å². The van der Waals surface area contributed by atoms with Crippen LogP contribution in [0.5, 0.6) is 0 Å². The smallest absolute Gasteiger partial charge is 0.0778 e. The van der Waals surface area contributed by atoms with E-state index in [1.807, 2.05) is 6.92 Å². The molecule has 0 radical (unpaired) electrons. The van der Waals surface area contributed by atoms with Gasteiger partial charge in [-0.1, -0.05) is 12.2 Å². The van der Waals surface area contributed by atoms with Crippen molar-refractivity contribution < 1.29 is 5.11 Å². The monoisotopic (exact) mass is 181 g/mol. The fourth-order valence-corrected chi connectivity index (χ4v) is 2.67. The van der Waals surface area contributed by atoms with Crippen molar-refractivity contribution >= 4 is 0 Å². The Hall–Kier alpha value is -0.340. The summed E-state index contributed by atoms with van der Waals surface area (Å²) in [5.74, 6) is 0.507. The molecule has 2 rings (SSSR count). The summed E-state index contributed by atoms with van der Waals surface area (Å²) in [6.07, 6.45) is 3.44. The molecule has 1 saturated carbocycles. The number of aliphatic hydroxyl groups is 1. The van der Waals surface area contributed by atoms with Crippen LogP contribution in [0.3, 0.4) is 0 Å². The highest BCUT2D eigenvalue weighted by molar-refractivity contribution is 5.14. The molecular weight excluding hydrogens is 162 g/mol. The van der Waals surface area contributed by atoms with Crippen molar-refractivity contribution in [2.45, 2.75) is 32.3 Å². The third-order valence-electron chi connectivity index (χ3n) is 3.74. The SMILES string of the molecule is C=C(C)C(O)C1CC12CCNCC2. The number of piperidine rings is 1. The molecule has 2 aliphatic rings. The van der Waals surface area contributed by atoms with Gasteiger partial charge in [-0.25, -0.2) is 0 Å². The third kappa shape index (κ3) is 1.53. The predicted molar refractivity (Wildman–Crippen MR) is 53.5 cm³/mol. The lowest BCUT2D eigenvalue weighted by Crippen LogP contribution is -2.31. The highest BCUT2D eigenvalue weighted by Gasteiger charge is 2.56. The molecule has 2 heteroatoms. The number of nitrogens with one attached hydrogen (secondary N) is 1. The Balaban J connectivity index is 1.95. The van der Waals surface area contributed by atoms with Gasteiger partial charge < -0.3 is 10.4 Å². The molecule has 1 aliphatic heterocycles. The van der Waals surface area contributed by atoms with Crippen molar-refractivity contribution in [3.8, 4) is 0 Å². The fourth-order valence-electron chi connectivity index (χ4n) is 2.67. The van der Waals surface area contributed by atoms with Crippen LogP contribution in [0.2, 0.25) is 0 Å². The van der Waals surface area contributed by atoms with E-state index in [0.717, 1.165) is 18.7 Å². The summed E-state index contributed by atoms with van der Waals surface area (Å²) in [4.78, 5) is 0. The van der Waals surface area contributed by atoms with Crippen LogP contribution in [0.15, 0.2) is 12.2 Å². The Labute approximate surface area is 80.0 Å². The summed E-state index contributed by atoms with van der Waals surface area (Å²) in [7, 11) is 0. The Morgan fingerprint density at radius 2 is 2.15 bits per heavy atom. The predicted octanol–water partition coefficient (Wildman–Crippen LogP) is 1.31. The lowest BCUT2D eigenvalue weighted by atomic mass is 9.89. The second kappa shape index (κ2) is 3.10. The average Bonchev–Trinajstić information content (AvgIpc) is 2.79. The van der Waals surface area contributed by atoms with Gasteiger partial charge in [-0.3, -0.25) is 0 Å². The van der Waals surface area contributed by atoms with Gasteiger partial charge in [0.15, 0.2) is 0 Å². The first-order chi connectivity index (χ1) is 6.16. The first-order valence-corrected chi connectivity index (χ1v) is 5.20. The summed E-state index contributed by atoms with van der Waals surface area (Å²) >= 11 is 0. The molecule has 2 atom stereocenters. The molecule has 0 amide bonds. The molecule has 2 fully saturated rings. The lowest BCUT2D eigenvalue weighted by molar-refractivity contribution is 0.155. The van der Waals surface area contributed by atoms with Crippen LogP contribution in [0.4, 0.5) is 0 Å². The molecule has 1 aliphatic carbocycles. The number of hydrogen-bond acceptors (Lipinski definition) is 2. The van der Waals surface area contributed by atoms with E-state index in [4.69, 9.17) is 0 Å². The van der Waals surface area contributed by atoms with E-state index in [1.54, 1.807) is 0 Å². The Bertz CT molecular complexity index is 218. The van der Waals surface area contributed by atoms with Crippen molar-refractivity contribution in [2.24, 2.45) is 11.3 Å². The maximum Gasteiger partial charge on any atom is 0.0778 e. The maximum atomic E-state index is 9.86. The summed E-state index contributed by atoms with van der Waals surface area (Å²) in [6, 6.07) is 0. The highest BCUT2D eigenvalue weighted by Crippen LogP contribution is 2.60. The second-order valence-corrected chi connectivity index (χ2v) is 4.71. The van der Waals surface area contributed by atoms with Crippen molar-refractivity contribution in [3.05, 3.63) is 12.2 Å². The zero-order valence-electron chi connectivity index (χ0n) is 8.34. The minimum atomic E-state index is -0.252. The van der Waals surface area contributed by atoms with Crippen LogP contribution >= 0.6 is 0 Å². The number of hydrogen-bond donors (Lipinski definition) is 2. The molecule has 0 aromatic rings. The molecule has 13 heavy (non-hydrogen) atoms. The molecular formula is C11H19NO. The molecule has 74 valence electrons. The highest BCUT2D eigenvalue weighted by atomic mass is 16.3. The Kier molecular flexibility index (Phi) is 2.20. The van der Waals surface area contributed by atoms with Crippen molar-refractivity contribution in [2.75, 3.05) is 13.1 Å². The van der Waals surface area contributed by atoms with Crippen molar-refractivity contribution in [3.63, 3.8) is 0 Å². The van der Waals surface area contributed by atoms with Gasteiger partial charge in [0, 0.05) is 0 Å². The first-order valence-electron chi connectivity index (χ1n) is 5.20. The topological polar surface area (TPSA) is 32.3 Å². The van der Waals surface area contributed by atoms with E-state index in [1.165, 1.54) is 19.3 Å². The molecule has 0 aromatic carbocycles. The zero-order valence-corrected chi connectivity index (χ0v) is 8.34. The molecule has 2 unspecified atom stereocenters. The first kappa shape index (κ1) is 9.22. The summed E-state index contributed by atoms with van der Waals surface area (Å²) < 4.78 is 0. The Morgan fingerprint density at radius 3 is 2.69 bits per heavy atom. The quantitative estimate of drug-likeness (QED) is 0.630. The van der Waals surface area contributed by atoms with Crippen LogP contribution in [-0.2, 0) is 0 Å². The molecule has 1 saturated heterocycles. The van der Waals surface area contributed by atoms with E-state index in [2.05, 4.69) is 11.9 Å². The molecule has 0 aromatic heterocycles.